The number of hydrogen-bond donors (Lipinski definition) is 2. The molecule has 8 nitrogen and oxygen atoms in total. The molecule has 3 aromatic rings. The third-order valence-corrected chi connectivity index (χ3v) is 4.84. The van der Waals surface area contributed by atoms with E-state index in [0.717, 1.165) is 11.1 Å². The van der Waals surface area contributed by atoms with Crippen LogP contribution in [0.2, 0.25) is 10.0 Å². The van der Waals surface area contributed by atoms with E-state index in [9.17, 15) is 8.76 Å². The molecule has 1 aromatic carbocycles. The van der Waals surface area contributed by atoms with Gasteiger partial charge in [0.05, 0.1) is 27.6 Å². The first-order chi connectivity index (χ1) is 12.5. The lowest BCUT2D eigenvalue weighted by atomic mass is 10.1. The van der Waals surface area contributed by atoms with Crippen molar-refractivity contribution in [2.45, 2.75) is 0 Å². The molecule has 0 saturated heterocycles. The standard InChI is InChI=1S/C15H16Cl2N6O2S/c1-22(6-5-19-21-26(24)25)13-8-12(23-7-4-18-9-23)10-2-3-11(16)14(17)15(10)20-13/h2-4,7-9,19,21H,5-6H2,1H3,(H,24,25)/p-1. The minimum atomic E-state index is -2.36. The van der Waals surface area contributed by atoms with E-state index in [0.29, 0.717) is 34.5 Å². The van der Waals surface area contributed by atoms with Crippen LogP contribution < -0.4 is 15.2 Å². The van der Waals surface area contributed by atoms with E-state index in [4.69, 9.17) is 23.2 Å². The van der Waals surface area contributed by atoms with Crippen molar-refractivity contribution in [1.82, 2.24) is 24.8 Å². The number of nitrogens with zero attached hydrogens (tertiary/aromatic N) is 4. The Balaban J connectivity index is 1.98. The molecule has 0 fully saturated rings. The Bertz CT molecular complexity index is 938. The van der Waals surface area contributed by atoms with Gasteiger partial charge in [-0.05, 0) is 12.1 Å². The van der Waals surface area contributed by atoms with Gasteiger partial charge in [-0.3, -0.25) is 4.21 Å². The fourth-order valence-corrected chi connectivity index (χ4v) is 3.04. The summed E-state index contributed by atoms with van der Waals surface area (Å²) in [6.45, 7) is 0.887. The molecule has 0 saturated carbocycles. The fourth-order valence-electron chi connectivity index (χ4n) is 2.46. The summed E-state index contributed by atoms with van der Waals surface area (Å²) < 4.78 is 22.8. The molecule has 0 spiro atoms. The van der Waals surface area contributed by atoms with Crippen LogP contribution in [0.1, 0.15) is 0 Å². The average molecular weight is 414 g/mol. The molecule has 0 bridgehead atoms. The second-order valence-electron chi connectivity index (χ2n) is 5.41. The van der Waals surface area contributed by atoms with Crippen LogP contribution in [0.5, 0.6) is 0 Å². The largest absolute Gasteiger partial charge is 0.759 e. The Hall–Kier alpha value is -1.75. The number of hydrazine groups is 1. The number of halogens is 2. The maximum atomic E-state index is 10.5. The van der Waals surface area contributed by atoms with Gasteiger partial charge < -0.3 is 14.0 Å². The lowest BCUT2D eigenvalue weighted by Gasteiger charge is -2.21. The lowest BCUT2D eigenvalue weighted by Crippen LogP contribution is -2.39. The number of benzene rings is 1. The Morgan fingerprint density at radius 2 is 2.19 bits per heavy atom. The van der Waals surface area contributed by atoms with Crippen molar-refractivity contribution in [2.24, 2.45) is 0 Å². The number of hydrogen-bond acceptors (Lipinski definition) is 6. The van der Waals surface area contributed by atoms with Crippen molar-refractivity contribution in [3.8, 4) is 5.69 Å². The molecule has 1 unspecified atom stereocenters. The SMILES string of the molecule is CN(CCNNS(=O)[O-])c1cc(-n2ccnc2)c2ccc(Cl)c(Cl)c2n1. The fraction of sp³-hybridized carbons (Fsp3) is 0.200. The zero-order valence-electron chi connectivity index (χ0n) is 13.6. The highest BCUT2D eigenvalue weighted by atomic mass is 35.5. The van der Waals surface area contributed by atoms with Gasteiger partial charge in [-0.25, -0.2) is 15.4 Å². The van der Waals surface area contributed by atoms with Crippen LogP contribution in [0.25, 0.3) is 16.6 Å². The van der Waals surface area contributed by atoms with Gasteiger partial charge in [0.25, 0.3) is 0 Å². The zero-order valence-corrected chi connectivity index (χ0v) is 16.0. The van der Waals surface area contributed by atoms with Crippen molar-refractivity contribution < 1.29 is 8.76 Å². The Morgan fingerprint density at radius 3 is 2.88 bits per heavy atom. The quantitative estimate of drug-likeness (QED) is 0.349. The van der Waals surface area contributed by atoms with Gasteiger partial charge in [0.1, 0.15) is 5.82 Å². The molecule has 1 atom stereocenters. The Morgan fingerprint density at radius 1 is 1.38 bits per heavy atom. The smallest absolute Gasteiger partial charge is 0.131 e. The van der Waals surface area contributed by atoms with Crippen LogP contribution >= 0.6 is 23.2 Å². The highest BCUT2D eigenvalue weighted by molar-refractivity contribution is 7.76. The maximum absolute atomic E-state index is 10.5. The van der Waals surface area contributed by atoms with Gasteiger partial charge in [-0.15, -0.1) is 0 Å². The van der Waals surface area contributed by atoms with Gasteiger partial charge in [-0.1, -0.05) is 23.2 Å². The summed E-state index contributed by atoms with van der Waals surface area (Å²) >= 11 is 10.2. The predicted molar refractivity (Wildman–Crippen MR) is 102 cm³/mol. The predicted octanol–water partition coefficient (Wildman–Crippen LogP) is 2.05. The first-order valence-corrected chi connectivity index (χ1v) is 9.36. The molecule has 3 rings (SSSR count). The van der Waals surface area contributed by atoms with Crippen LogP contribution in [0.3, 0.4) is 0 Å². The normalized spacial score (nSPS) is 12.5. The molecule has 2 heterocycles. The molecular weight excluding hydrogens is 399 g/mol. The second-order valence-corrected chi connectivity index (χ2v) is 6.87. The highest BCUT2D eigenvalue weighted by Crippen LogP contribution is 2.34. The van der Waals surface area contributed by atoms with E-state index < -0.39 is 11.3 Å². The number of fused-ring (bicyclic) bond motifs is 1. The van der Waals surface area contributed by atoms with Crippen LogP contribution in [-0.4, -0.2) is 43.4 Å². The highest BCUT2D eigenvalue weighted by Gasteiger charge is 2.14. The van der Waals surface area contributed by atoms with Gasteiger partial charge in [-0.2, -0.15) is 4.83 Å². The van der Waals surface area contributed by atoms with E-state index in [-0.39, 0.29) is 0 Å². The van der Waals surface area contributed by atoms with Crippen molar-refractivity contribution in [1.29, 1.82) is 0 Å². The van der Waals surface area contributed by atoms with Gasteiger partial charge in [0, 0.05) is 55.2 Å². The van der Waals surface area contributed by atoms with E-state index in [1.807, 2.05) is 34.8 Å². The van der Waals surface area contributed by atoms with Crippen molar-refractivity contribution in [2.75, 3.05) is 25.0 Å². The number of rotatable bonds is 7. The van der Waals surface area contributed by atoms with E-state index in [2.05, 4.69) is 20.2 Å². The van der Waals surface area contributed by atoms with Crippen molar-refractivity contribution >= 4 is 51.2 Å². The summed E-state index contributed by atoms with van der Waals surface area (Å²) in [4.78, 5) is 12.7. The molecule has 0 aliphatic heterocycles. The lowest BCUT2D eigenvalue weighted by molar-refractivity contribution is 0.504. The molecule has 2 aromatic heterocycles. The molecule has 0 amide bonds. The third kappa shape index (κ3) is 4.14. The van der Waals surface area contributed by atoms with Gasteiger partial charge in [0.2, 0.25) is 0 Å². The van der Waals surface area contributed by atoms with Crippen LogP contribution in [-0.2, 0) is 11.3 Å². The molecule has 0 aliphatic rings. The average Bonchev–Trinajstić information content (AvgIpc) is 3.15. The Kier molecular flexibility index (Phi) is 6.07. The topological polar surface area (TPSA) is 98.1 Å². The molecular formula is C15H15Cl2N6O2S-. The molecule has 11 heteroatoms. The summed E-state index contributed by atoms with van der Waals surface area (Å²) in [5.41, 5.74) is 4.03. The Labute approximate surface area is 162 Å². The van der Waals surface area contributed by atoms with E-state index in [1.54, 1.807) is 18.6 Å². The summed E-state index contributed by atoms with van der Waals surface area (Å²) in [6.07, 6.45) is 5.21. The number of imidazole rings is 1. The van der Waals surface area contributed by atoms with Crippen LogP contribution in [0.15, 0.2) is 36.9 Å². The first kappa shape index (κ1) is 19.0. The van der Waals surface area contributed by atoms with E-state index >= 15 is 0 Å². The minimum Gasteiger partial charge on any atom is -0.759 e. The second kappa shape index (κ2) is 8.30. The minimum absolute atomic E-state index is 0.377. The van der Waals surface area contributed by atoms with Crippen molar-refractivity contribution in [3.63, 3.8) is 0 Å². The number of anilines is 1. The molecule has 138 valence electrons. The maximum Gasteiger partial charge on any atom is 0.131 e. The first-order valence-electron chi connectivity index (χ1n) is 7.53. The van der Waals surface area contributed by atoms with Gasteiger partial charge in [0.15, 0.2) is 0 Å². The van der Waals surface area contributed by atoms with E-state index in [1.165, 1.54) is 0 Å². The summed E-state index contributed by atoms with van der Waals surface area (Å²) in [6, 6.07) is 5.51. The number of nitrogens with one attached hydrogen (secondary N) is 2. The summed E-state index contributed by atoms with van der Waals surface area (Å²) in [5.74, 6) is 0.662. The van der Waals surface area contributed by atoms with Gasteiger partial charge >= 0.3 is 0 Å². The number of aromatic nitrogens is 3. The molecule has 2 N–H and O–H groups in total. The van der Waals surface area contributed by atoms with Crippen molar-refractivity contribution in [3.05, 3.63) is 47.0 Å². The summed E-state index contributed by atoms with van der Waals surface area (Å²) in [5, 5.41) is 1.64. The number of likely N-dealkylation sites (N-methyl/N-ethyl adjacent to an activating group) is 1. The summed E-state index contributed by atoms with van der Waals surface area (Å²) in [7, 11) is 1.85. The third-order valence-electron chi connectivity index (χ3n) is 3.74. The molecule has 0 aliphatic carbocycles. The zero-order chi connectivity index (χ0) is 18.7. The molecule has 26 heavy (non-hydrogen) atoms. The molecule has 0 radical (unpaired) electrons. The van der Waals surface area contributed by atoms with Crippen LogP contribution in [0, 0.1) is 0 Å². The number of pyridine rings is 1. The van der Waals surface area contributed by atoms with Crippen LogP contribution in [0.4, 0.5) is 5.82 Å². The monoisotopic (exact) mass is 413 g/mol.